The lowest BCUT2D eigenvalue weighted by molar-refractivity contribution is -0.658. The van der Waals surface area contributed by atoms with E-state index in [1.807, 2.05) is 35.7 Å². The Labute approximate surface area is 135 Å². The number of rotatable bonds is 6. The van der Waals surface area contributed by atoms with Crippen LogP contribution in [0.5, 0.6) is 0 Å². The second-order valence-corrected chi connectivity index (χ2v) is 5.76. The van der Waals surface area contributed by atoms with Crippen LogP contribution < -0.4 is 5.32 Å². The van der Waals surface area contributed by atoms with Gasteiger partial charge in [0.25, 0.3) is 0 Å². The topological polar surface area (TPSA) is 36.8 Å². The molecule has 0 saturated carbocycles. The summed E-state index contributed by atoms with van der Waals surface area (Å²) in [5.41, 5.74) is 0.502. The van der Waals surface area contributed by atoms with E-state index in [9.17, 15) is 5.11 Å². The minimum absolute atomic E-state index is 0.488. The van der Waals surface area contributed by atoms with Crippen molar-refractivity contribution >= 4 is 23.2 Å². The van der Waals surface area contributed by atoms with Crippen LogP contribution in [0.4, 0.5) is 0 Å². The summed E-state index contributed by atoms with van der Waals surface area (Å²) in [4.78, 5) is 0. The molecule has 2 aromatic rings. The predicted octanol–water partition coefficient (Wildman–Crippen LogP) is 2.98. The third-order valence-corrected chi connectivity index (χ3v) is 3.92. The SMILES string of the molecule is C=CC[NH2+]CC(O)(c1ccc(Cl)cc1)c1ccc(Cl)cc1. The second-order valence-electron chi connectivity index (χ2n) is 4.89. The fourth-order valence-electron chi connectivity index (χ4n) is 2.26. The maximum absolute atomic E-state index is 11.2. The lowest BCUT2D eigenvalue weighted by Crippen LogP contribution is -2.87. The fourth-order valence-corrected chi connectivity index (χ4v) is 2.52. The number of halogens is 2. The molecule has 0 heterocycles. The van der Waals surface area contributed by atoms with Crippen LogP contribution in [0.3, 0.4) is 0 Å². The summed E-state index contributed by atoms with van der Waals surface area (Å²) in [5, 5.41) is 14.5. The first kappa shape index (κ1) is 16.1. The molecule has 0 saturated heterocycles. The highest BCUT2D eigenvalue weighted by molar-refractivity contribution is 6.30. The van der Waals surface area contributed by atoms with Crippen LogP contribution in [0.2, 0.25) is 10.0 Å². The van der Waals surface area contributed by atoms with Crippen molar-refractivity contribution in [3.8, 4) is 0 Å². The molecule has 0 radical (unpaired) electrons. The standard InChI is InChI=1S/C17H17Cl2NO/c1-2-11-20-12-17(21,13-3-7-15(18)8-4-13)14-5-9-16(19)10-6-14/h2-10,20-21H,1,11-12H2/p+1. The molecular weight excluding hydrogens is 305 g/mol. The van der Waals surface area contributed by atoms with Crippen LogP contribution in [-0.4, -0.2) is 18.2 Å². The summed E-state index contributed by atoms with van der Waals surface area (Å²) in [7, 11) is 0. The molecule has 3 N–H and O–H groups in total. The molecule has 0 spiro atoms. The Hall–Kier alpha value is -1.32. The number of quaternary nitrogens is 1. The van der Waals surface area contributed by atoms with Crippen molar-refractivity contribution in [2.45, 2.75) is 5.60 Å². The summed E-state index contributed by atoms with van der Waals surface area (Å²) >= 11 is 11.9. The number of hydrogen-bond acceptors (Lipinski definition) is 1. The number of nitrogens with two attached hydrogens (primary N) is 1. The van der Waals surface area contributed by atoms with Gasteiger partial charge in [-0.3, -0.25) is 0 Å². The molecule has 0 unspecified atom stereocenters. The van der Waals surface area contributed by atoms with Crippen LogP contribution in [-0.2, 0) is 5.60 Å². The van der Waals surface area contributed by atoms with Gasteiger partial charge in [-0.25, -0.2) is 0 Å². The fraction of sp³-hybridized carbons (Fsp3) is 0.176. The van der Waals surface area contributed by atoms with Crippen LogP contribution in [0, 0.1) is 0 Å². The molecule has 0 bridgehead atoms. The Morgan fingerprint density at radius 3 is 1.76 bits per heavy atom. The van der Waals surface area contributed by atoms with Crippen molar-refractivity contribution in [1.29, 1.82) is 0 Å². The molecule has 0 amide bonds. The highest BCUT2D eigenvalue weighted by Crippen LogP contribution is 2.30. The monoisotopic (exact) mass is 322 g/mol. The summed E-state index contributed by atoms with van der Waals surface area (Å²) in [6, 6.07) is 14.5. The van der Waals surface area contributed by atoms with Crippen LogP contribution >= 0.6 is 23.2 Å². The van der Waals surface area contributed by atoms with Gasteiger partial charge in [-0.15, -0.1) is 0 Å². The van der Waals surface area contributed by atoms with E-state index in [-0.39, 0.29) is 0 Å². The van der Waals surface area contributed by atoms with E-state index in [1.165, 1.54) is 0 Å². The first-order valence-electron chi connectivity index (χ1n) is 6.73. The first-order chi connectivity index (χ1) is 10.1. The highest BCUT2D eigenvalue weighted by Gasteiger charge is 2.33. The Morgan fingerprint density at radius 2 is 1.38 bits per heavy atom. The zero-order valence-electron chi connectivity index (χ0n) is 11.6. The lowest BCUT2D eigenvalue weighted by atomic mass is 9.86. The Morgan fingerprint density at radius 1 is 0.952 bits per heavy atom. The van der Waals surface area contributed by atoms with Crippen LogP contribution in [0.25, 0.3) is 0 Å². The Bertz CT molecular complexity index is 548. The lowest BCUT2D eigenvalue weighted by Gasteiger charge is -2.27. The zero-order valence-corrected chi connectivity index (χ0v) is 13.1. The third-order valence-electron chi connectivity index (χ3n) is 3.42. The number of aliphatic hydroxyl groups is 1. The molecule has 0 aliphatic heterocycles. The molecule has 2 nitrogen and oxygen atoms in total. The summed E-state index contributed by atoms with van der Waals surface area (Å²) < 4.78 is 0. The molecule has 0 aliphatic rings. The van der Waals surface area contributed by atoms with Crippen LogP contribution in [0.1, 0.15) is 11.1 Å². The molecule has 110 valence electrons. The molecule has 0 atom stereocenters. The van der Waals surface area contributed by atoms with E-state index in [2.05, 4.69) is 6.58 Å². The average molecular weight is 323 g/mol. The third kappa shape index (κ3) is 3.86. The van der Waals surface area contributed by atoms with Gasteiger partial charge in [0.15, 0.2) is 5.60 Å². The van der Waals surface area contributed by atoms with E-state index >= 15 is 0 Å². The van der Waals surface area contributed by atoms with Gasteiger partial charge < -0.3 is 10.4 Å². The molecule has 2 aromatic carbocycles. The van der Waals surface area contributed by atoms with Gasteiger partial charge in [0, 0.05) is 10.0 Å². The van der Waals surface area contributed by atoms with E-state index in [4.69, 9.17) is 23.2 Å². The summed E-state index contributed by atoms with van der Waals surface area (Å²) in [5.74, 6) is 0. The van der Waals surface area contributed by atoms with Crippen molar-refractivity contribution in [2.24, 2.45) is 0 Å². The molecule has 0 aromatic heterocycles. The van der Waals surface area contributed by atoms with Gasteiger partial charge in [-0.05, 0) is 41.5 Å². The molecule has 21 heavy (non-hydrogen) atoms. The normalized spacial score (nSPS) is 11.4. The number of benzene rings is 2. The minimum atomic E-state index is -1.10. The average Bonchev–Trinajstić information content (AvgIpc) is 2.48. The minimum Gasteiger partial charge on any atom is -0.375 e. The molecule has 4 heteroatoms. The van der Waals surface area contributed by atoms with Gasteiger partial charge in [0.2, 0.25) is 0 Å². The van der Waals surface area contributed by atoms with E-state index in [1.54, 1.807) is 24.3 Å². The van der Waals surface area contributed by atoms with Gasteiger partial charge in [-0.2, -0.15) is 0 Å². The Balaban J connectivity index is 2.39. The molecular formula is C17H18Cl2NO+. The van der Waals surface area contributed by atoms with E-state index in [0.717, 1.165) is 17.7 Å². The van der Waals surface area contributed by atoms with Gasteiger partial charge in [-0.1, -0.05) is 54.0 Å². The van der Waals surface area contributed by atoms with Gasteiger partial charge in [0.1, 0.15) is 6.54 Å². The van der Waals surface area contributed by atoms with Gasteiger partial charge >= 0.3 is 0 Å². The largest absolute Gasteiger partial charge is 0.375 e. The van der Waals surface area contributed by atoms with Crippen molar-refractivity contribution in [2.75, 3.05) is 13.1 Å². The zero-order chi connectivity index (χ0) is 15.3. The summed E-state index contributed by atoms with van der Waals surface area (Å²) in [6.45, 7) is 4.93. The Kier molecular flexibility index (Phi) is 5.43. The second kappa shape index (κ2) is 7.10. The maximum Gasteiger partial charge on any atom is 0.163 e. The predicted molar refractivity (Wildman–Crippen MR) is 87.8 cm³/mol. The molecule has 0 aliphatic carbocycles. The molecule has 0 fully saturated rings. The molecule has 2 rings (SSSR count). The quantitative estimate of drug-likeness (QED) is 0.622. The number of hydrogen-bond donors (Lipinski definition) is 2. The van der Waals surface area contributed by atoms with E-state index in [0.29, 0.717) is 16.6 Å². The van der Waals surface area contributed by atoms with Gasteiger partial charge in [0.05, 0.1) is 6.54 Å². The van der Waals surface area contributed by atoms with Crippen molar-refractivity contribution in [1.82, 2.24) is 0 Å². The van der Waals surface area contributed by atoms with Crippen molar-refractivity contribution in [3.05, 3.63) is 82.4 Å². The smallest absolute Gasteiger partial charge is 0.163 e. The van der Waals surface area contributed by atoms with E-state index < -0.39 is 5.60 Å². The maximum atomic E-state index is 11.2. The summed E-state index contributed by atoms with van der Waals surface area (Å²) in [6.07, 6.45) is 1.81. The first-order valence-corrected chi connectivity index (χ1v) is 7.49. The van der Waals surface area contributed by atoms with Crippen LogP contribution in [0.15, 0.2) is 61.2 Å². The van der Waals surface area contributed by atoms with Crippen molar-refractivity contribution < 1.29 is 10.4 Å². The van der Waals surface area contributed by atoms with Crippen molar-refractivity contribution in [3.63, 3.8) is 0 Å². The highest BCUT2D eigenvalue weighted by atomic mass is 35.5.